The van der Waals surface area contributed by atoms with Gasteiger partial charge in [-0.3, -0.25) is 10.1 Å². The van der Waals surface area contributed by atoms with Crippen molar-refractivity contribution in [2.75, 3.05) is 12.4 Å². The molecule has 5 atom stereocenters. The molecule has 68 heavy (non-hydrogen) atoms. The molecule has 2 amide bonds. The molecule has 13 nitrogen and oxygen atoms in total. The van der Waals surface area contributed by atoms with E-state index in [9.17, 15) is 9.59 Å². The topological polar surface area (TPSA) is 156 Å². The van der Waals surface area contributed by atoms with Gasteiger partial charge in [0.05, 0.1) is 24.8 Å². The van der Waals surface area contributed by atoms with Gasteiger partial charge >= 0.3 is 19.2 Å². The number of rotatable bonds is 14. The number of hydrogen-bond acceptors (Lipinski definition) is 12. The van der Waals surface area contributed by atoms with Crippen LogP contribution in [0.4, 0.5) is 9.93 Å². The number of methoxy groups -OCH3 is 1. The zero-order valence-electron chi connectivity index (χ0n) is 40.5. The van der Waals surface area contributed by atoms with Crippen LogP contribution in [0, 0.1) is 17.3 Å². The second kappa shape index (κ2) is 18.8. The van der Waals surface area contributed by atoms with Gasteiger partial charge in [-0.2, -0.15) is 0 Å². The van der Waals surface area contributed by atoms with Gasteiger partial charge in [-0.05, 0) is 96.6 Å². The van der Waals surface area contributed by atoms with E-state index in [1.807, 2.05) is 97.1 Å². The van der Waals surface area contributed by atoms with Gasteiger partial charge in [-0.1, -0.05) is 122 Å². The van der Waals surface area contributed by atoms with E-state index in [0.717, 1.165) is 40.9 Å². The van der Waals surface area contributed by atoms with Crippen molar-refractivity contribution < 1.29 is 42.7 Å². The van der Waals surface area contributed by atoms with Crippen LogP contribution in [0.5, 0.6) is 5.75 Å². The van der Waals surface area contributed by atoms with Crippen LogP contribution < -0.4 is 15.4 Å². The number of anilines is 1. The normalized spacial score (nSPS) is 21.4. The molecule has 1 aliphatic heterocycles. The minimum absolute atomic E-state index is 0.0583. The van der Waals surface area contributed by atoms with Crippen molar-refractivity contribution >= 4 is 47.3 Å². The number of thiazole rings is 1. The number of benzene rings is 4. The van der Waals surface area contributed by atoms with Gasteiger partial charge in [0.1, 0.15) is 28.2 Å². The fourth-order valence-electron chi connectivity index (χ4n) is 10.1. The number of amides is 2. The summed E-state index contributed by atoms with van der Waals surface area (Å²) < 4.78 is 31.1. The molecule has 4 unspecified atom stereocenters. The molecule has 3 aliphatic carbocycles. The fraction of sp³-hybridized carbons (Fsp3) is 0.415. The molecule has 1 aromatic heterocycles. The Balaban J connectivity index is 1.23. The lowest BCUT2D eigenvalue weighted by molar-refractivity contribution is -0.199. The van der Waals surface area contributed by atoms with E-state index in [1.54, 1.807) is 59.1 Å². The number of carbonyl (C=O) groups excluding carboxylic acids is 3. The number of aromatic nitrogens is 1. The second-order valence-electron chi connectivity index (χ2n) is 20.6. The highest BCUT2D eigenvalue weighted by Crippen LogP contribution is 2.65. The van der Waals surface area contributed by atoms with Crippen molar-refractivity contribution in [3.05, 3.63) is 148 Å². The molecule has 0 radical (unpaired) electrons. The average molecular weight is 941 g/mol. The Morgan fingerprint density at radius 3 is 1.96 bits per heavy atom. The molecule has 1 saturated heterocycles. The number of carbonyl (C=O) groups is 3. The number of oxime groups is 1. The Hall–Kier alpha value is -6.03. The molecular formula is C53H61BN4O9S. The van der Waals surface area contributed by atoms with Crippen LogP contribution in [0.25, 0.3) is 0 Å². The standard InChI is InChI=1S/C53H61BN4O9S/c1-49(2,3)63-46(60)38-28-20-21-33(44(38)62-10)29-42(54-65-41-31-37-30-40(51(37,7)8)52(41,9)66-54)56-45(59)43(39-32-68-47(55-39)57-48(61)64-50(4,5)6)58-67-53(34-22-14-11-15-23-34,35-24-16-12-17-25-35)36-26-18-13-19-27-36/h11-28,32,37,40-42H,29-31H2,1-10H3,(H,56,59)(H,55,57,61)/b58-43+/t37?,40?,41?,42-,52?/m0/s1. The van der Waals surface area contributed by atoms with Crippen LogP contribution in [-0.4, -0.2) is 71.7 Å². The lowest BCUT2D eigenvalue weighted by atomic mass is 9.43. The van der Waals surface area contributed by atoms with Gasteiger partial charge < -0.3 is 33.7 Å². The smallest absolute Gasteiger partial charge is 0.482 e. The number of para-hydroxylation sites is 1. The van der Waals surface area contributed by atoms with E-state index >= 15 is 4.79 Å². The van der Waals surface area contributed by atoms with E-state index < -0.39 is 53.4 Å². The van der Waals surface area contributed by atoms with E-state index in [2.05, 4.69) is 31.4 Å². The van der Waals surface area contributed by atoms with E-state index in [1.165, 1.54) is 7.11 Å². The molecule has 0 spiro atoms. The van der Waals surface area contributed by atoms with Gasteiger partial charge in [-0.15, -0.1) is 11.3 Å². The van der Waals surface area contributed by atoms with Crippen molar-refractivity contribution in [2.45, 2.75) is 116 Å². The number of esters is 1. The van der Waals surface area contributed by atoms with E-state index in [0.29, 0.717) is 17.2 Å². The maximum Gasteiger partial charge on any atom is 0.482 e. The van der Waals surface area contributed by atoms with Gasteiger partial charge in [-0.25, -0.2) is 14.6 Å². The largest absolute Gasteiger partial charge is 0.496 e. The summed E-state index contributed by atoms with van der Waals surface area (Å²) in [7, 11) is 0.581. The molecule has 5 aromatic rings. The van der Waals surface area contributed by atoms with Crippen molar-refractivity contribution in [2.24, 2.45) is 22.4 Å². The quantitative estimate of drug-likeness (QED) is 0.0361. The molecule has 4 aromatic carbocycles. The highest BCUT2D eigenvalue weighted by atomic mass is 32.1. The van der Waals surface area contributed by atoms with Gasteiger partial charge in [0.25, 0.3) is 5.91 Å². The molecule has 4 fully saturated rings. The number of nitrogens with zero attached hydrogens (tertiary/aromatic N) is 2. The maximum absolute atomic E-state index is 15.4. The molecule has 3 saturated carbocycles. The van der Waals surface area contributed by atoms with Crippen molar-refractivity contribution in [3.63, 3.8) is 0 Å². The summed E-state index contributed by atoms with van der Waals surface area (Å²) in [6.45, 7) is 17.4. The van der Waals surface area contributed by atoms with Crippen LogP contribution in [-0.2, 0) is 40.4 Å². The minimum atomic E-state index is -1.35. The Morgan fingerprint density at radius 2 is 1.41 bits per heavy atom. The highest BCUT2D eigenvalue weighted by molar-refractivity contribution is 7.14. The summed E-state index contributed by atoms with van der Waals surface area (Å²) in [6.07, 6.45) is 1.06. The third-order valence-corrected chi connectivity index (χ3v) is 14.1. The van der Waals surface area contributed by atoms with Crippen LogP contribution in [0.2, 0.25) is 0 Å². The summed E-state index contributed by atoms with van der Waals surface area (Å²) in [5.41, 5.74) is -0.373. The summed E-state index contributed by atoms with van der Waals surface area (Å²) in [4.78, 5) is 53.6. The third-order valence-electron chi connectivity index (χ3n) is 13.4. The highest BCUT2D eigenvalue weighted by Gasteiger charge is 2.68. The van der Waals surface area contributed by atoms with Crippen LogP contribution in [0.1, 0.15) is 113 Å². The number of ether oxygens (including phenoxy) is 3. The molecule has 2 N–H and O–H groups in total. The minimum Gasteiger partial charge on any atom is -0.496 e. The van der Waals surface area contributed by atoms with Gasteiger partial charge in [0.15, 0.2) is 10.8 Å². The molecule has 2 bridgehead atoms. The first-order valence-electron chi connectivity index (χ1n) is 23.1. The van der Waals surface area contributed by atoms with Crippen molar-refractivity contribution in [1.29, 1.82) is 0 Å². The molecular weight excluding hydrogens is 879 g/mol. The Kier molecular flexibility index (Phi) is 13.4. The first-order valence-corrected chi connectivity index (χ1v) is 24.0. The predicted octanol–water partition coefficient (Wildman–Crippen LogP) is 10.2. The number of hydrogen-bond donors (Lipinski definition) is 2. The van der Waals surface area contributed by atoms with Crippen molar-refractivity contribution in [3.8, 4) is 5.75 Å². The van der Waals surface area contributed by atoms with Crippen molar-refractivity contribution in [1.82, 2.24) is 10.3 Å². The van der Waals surface area contributed by atoms with Crippen LogP contribution in [0.3, 0.4) is 0 Å². The van der Waals surface area contributed by atoms with Gasteiger partial charge in [0, 0.05) is 22.1 Å². The summed E-state index contributed by atoms with van der Waals surface area (Å²) in [5.74, 6) is -1.04. The molecule has 356 valence electrons. The van der Waals surface area contributed by atoms with E-state index in [-0.39, 0.29) is 46.0 Å². The Morgan fingerprint density at radius 1 is 0.824 bits per heavy atom. The lowest BCUT2D eigenvalue weighted by Crippen LogP contribution is -2.65. The first-order chi connectivity index (χ1) is 32.2. The average Bonchev–Trinajstić information content (AvgIpc) is 3.90. The Labute approximate surface area is 403 Å². The summed E-state index contributed by atoms with van der Waals surface area (Å²) in [5, 5.41) is 12.5. The molecule has 4 aliphatic rings. The summed E-state index contributed by atoms with van der Waals surface area (Å²) >= 11 is 1.10. The molecule has 9 rings (SSSR count). The second-order valence-corrected chi connectivity index (χ2v) is 21.5. The third kappa shape index (κ3) is 9.79. The van der Waals surface area contributed by atoms with Crippen LogP contribution in [0.15, 0.2) is 120 Å². The SMILES string of the molecule is COc1c(C[C@H](NC(=O)/C(=N/OC(c2ccccc2)(c2ccccc2)c2ccccc2)c2csc(NC(=O)OC(C)(C)C)n2)B2OC3CC4CC(C4(C)C)C3(C)O2)cccc1C(=O)OC(C)(C)C. The number of nitrogens with one attached hydrogen (secondary N) is 2. The first kappa shape index (κ1) is 48.4. The van der Waals surface area contributed by atoms with E-state index in [4.69, 9.17) is 38.5 Å². The fourth-order valence-corrected chi connectivity index (χ4v) is 10.7. The van der Waals surface area contributed by atoms with Crippen LogP contribution >= 0.6 is 11.3 Å². The monoisotopic (exact) mass is 940 g/mol. The molecule has 2 heterocycles. The predicted molar refractivity (Wildman–Crippen MR) is 263 cm³/mol. The lowest BCUT2D eigenvalue weighted by Gasteiger charge is -2.64. The maximum atomic E-state index is 15.4. The zero-order chi connectivity index (χ0) is 48.6. The Bertz CT molecular complexity index is 2550. The zero-order valence-corrected chi connectivity index (χ0v) is 41.3. The summed E-state index contributed by atoms with van der Waals surface area (Å²) in [6, 6.07) is 34.3. The molecule has 15 heteroatoms. The van der Waals surface area contributed by atoms with Gasteiger partial charge in [0.2, 0.25) is 5.60 Å².